The lowest BCUT2D eigenvalue weighted by Gasteiger charge is -2.08. The zero-order chi connectivity index (χ0) is 32.0. The van der Waals surface area contributed by atoms with Crippen LogP contribution in [0.15, 0.2) is 141 Å². The zero-order valence-electron chi connectivity index (χ0n) is 21.0. The van der Waals surface area contributed by atoms with Crippen LogP contribution in [-0.4, -0.2) is 37.0 Å². The van der Waals surface area contributed by atoms with Gasteiger partial charge in [-0.2, -0.15) is 26.3 Å². The summed E-state index contributed by atoms with van der Waals surface area (Å²) in [6.07, 6.45) is 0. The normalized spacial score (nSPS) is 11.6. The lowest BCUT2D eigenvalue weighted by atomic mass is 10.4. The molecule has 0 aliphatic rings. The van der Waals surface area contributed by atoms with Crippen molar-refractivity contribution in [3.05, 3.63) is 121 Å². The highest BCUT2D eigenvalue weighted by molar-refractivity contribution is 7.97. The Morgan fingerprint density at radius 3 is 0.810 bits per heavy atom. The minimum absolute atomic E-state index is 0.0146. The van der Waals surface area contributed by atoms with E-state index in [9.17, 15) is 26.3 Å². The van der Waals surface area contributed by atoms with Gasteiger partial charge in [-0.15, -0.1) is 0 Å². The first-order valence-electron chi connectivity index (χ1n) is 11.0. The standard InChI is InChI=1S/C18H15S.C6H6S.2CHF3O3S/c1-4-10-16(11-5-1)19(17-12-6-2-7-13-17)18-14-8-3-9-15-18;7-6-4-2-1-3-5-6;2*2-1(3,4)8(5,6)7/h1-15H;1-5,7H;2*(H,5,6,7)/q+1;;;/p-1. The third-order valence-electron chi connectivity index (χ3n) is 4.28. The second kappa shape index (κ2) is 16.6. The van der Waals surface area contributed by atoms with Crippen LogP contribution in [0.4, 0.5) is 26.3 Å². The maximum Gasteiger partial charge on any atom is 0.485 e. The summed E-state index contributed by atoms with van der Waals surface area (Å²) < 4.78 is 118. The summed E-state index contributed by atoms with van der Waals surface area (Å²) >= 11 is 3.36. The van der Waals surface area contributed by atoms with Gasteiger partial charge >= 0.3 is 11.0 Å². The summed E-state index contributed by atoms with van der Waals surface area (Å²) in [4.78, 5) is 5.21. The van der Waals surface area contributed by atoms with Crippen LogP contribution in [0.3, 0.4) is 0 Å². The third kappa shape index (κ3) is 13.8. The van der Waals surface area contributed by atoms with Crippen molar-refractivity contribution in [3.63, 3.8) is 0 Å². The second-order valence-electron chi connectivity index (χ2n) is 7.41. The molecule has 0 heterocycles. The average molecular weight is 673 g/mol. The van der Waals surface area contributed by atoms with Gasteiger partial charge in [0.25, 0.3) is 0 Å². The SMILES string of the molecule is O=S(=O)([O-])C(F)(F)F.O=S(=O)([O-])C(F)(F)F.[SH2+]c1ccccc1.c1ccc([S+](c2ccccc2)c2ccccc2)cc1. The van der Waals surface area contributed by atoms with E-state index in [1.54, 1.807) is 0 Å². The summed E-state index contributed by atoms with van der Waals surface area (Å²) in [5.74, 6) is 0. The fourth-order valence-corrected chi connectivity index (χ4v) is 4.81. The quantitative estimate of drug-likeness (QED) is 0.115. The van der Waals surface area contributed by atoms with Gasteiger partial charge in [0, 0.05) is 0 Å². The Balaban J connectivity index is 0.000000320. The van der Waals surface area contributed by atoms with Crippen LogP contribution in [0.2, 0.25) is 0 Å². The maximum atomic E-state index is 10.7. The van der Waals surface area contributed by atoms with E-state index in [4.69, 9.17) is 25.9 Å². The molecule has 0 aromatic heterocycles. The molecule has 0 bridgehead atoms. The van der Waals surface area contributed by atoms with Crippen molar-refractivity contribution in [1.82, 2.24) is 0 Å². The first-order chi connectivity index (χ1) is 19.3. The van der Waals surface area contributed by atoms with Gasteiger partial charge in [0.15, 0.2) is 34.9 Å². The Morgan fingerprint density at radius 2 is 0.667 bits per heavy atom. The number of alkyl halides is 6. The van der Waals surface area contributed by atoms with Gasteiger partial charge in [-0.25, -0.2) is 16.8 Å². The molecule has 228 valence electrons. The van der Waals surface area contributed by atoms with Crippen LogP contribution < -0.4 is 0 Å². The van der Waals surface area contributed by atoms with Crippen LogP contribution in [0.5, 0.6) is 0 Å². The first-order valence-corrected chi connectivity index (χ1v) is 15.6. The maximum absolute atomic E-state index is 10.7. The molecule has 0 atom stereocenters. The first kappa shape index (κ1) is 37.0. The smallest absolute Gasteiger partial charge is 0.485 e. The molecule has 0 saturated carbocycles. The fourth-order valence-electron chi connectivity index (χ4n) is 2.52. The highest BCUT2D eigenvalue weighted by Gasteiger charge is 2.37. The van der Waals surface area contributed by atoms with E-state index in [0.29, 0.717) is 0 Å². The van der Waals surface area contributed by atoms with E-state index in [1.165, 1.54) is 14.7 Å². The van der Waals surface area contributed by atoms with Crippen molar-refractivity contribution in [2.45, 2.75) is 30.6 Å². The molecule has 0 aliphatic heterocycles. The molecule has 0 saturated heterocycles. The summed E-state index contributed by atoms with van der Waals surface area (Å²) in [7, 11) is -12.2. The van der Waals surface area contributed by atoms with Crippen molar-refractivity contribution >= 4 is 43.8 Å². The number of hydrogen-bond acceptors (Lipinski definition) is 6. The van der Waals surface area contributed by atoms with Crippen molar-refractivity contribution in [2.75, 3.05) is 0 Å². The fraction of sp³-hybridized carbons (Fsp3) is 0.0769. The molecule has 4 rings (SSSR count). The predicted octanol–water partition coefficient (Wildman–Crippen LogP) is 5.94. The summed E-state index contributed by atoms with van der Waals surface area (Å²) in [5, 5.41) is 0. The zero-order valence-corrected chi connectivity index (χ0v) is 24.4. The van der Waals surface area contributed by atoms with Crippen molar-refractivity contribution in [1.29, 1.82) is 0 Å². The van der Waals surface area contributed by atoms with Crippen molar-refractivity contribution < 1.29 is 52.3 Å². The van der Waals surface area contributed by atoms with Gasteiger partial charge in [-0.05, 0) is 61.2 Å². The molecule has 6 nitrogen and oxygen atoms in total. The number of halogens is 6. The van der Waals surface area contributed by atoms with E-state index in [2.05, 4.69) is 104 Å². The number of benzene rings is 4. The van der Waals surface area contributed by atoms with Gasteiger partial charge in [0.1, 0.15) is 4.90 Å². The minimum Gasteiger partial charge on any atom is -0.741 e. The summed E-state index contributed by atoms with van der Waals surface area (Å²) in [5.41, 5.74) is -11.3. The average Bonchev–Trinajstić information content (AvgIpc) is 2.90. The van der Waals surface area contributed by atoms with Crippen LogP contribution in [0.25, 0.3) is 0 Å². The van der Waals surface area contributed by atoms with Crippen LogP contribution in [0.1, 0.15) is 0 Å². The molecular weight excluding hydrogens is 651 g/mol. The second-order valence-corrected chi connectivity index (χ2v) is 12.8. The molecule has 16 heteroatoms. The van der Waals surface area contributed by atoms with Gasteiger partial charge in [-0.1, -0.05) is 72.8 Å². The van der Waals surface area contributed by atoms with E-state index < -0.39 is 31.3 Å². The van der Waals surface area contributed by atoms with Gasteiger partial charge in [0.05, 0.1) is 10.9 Å². The summed E-state index contributed by atoms with van der Waals surface area (Å²) in [6.45, 7) is 0. The molecule has 0 unspecified atom stereocenters. The predicted molar refractivity (Wildman–Crippen MR) is 148 cm³/mol. The third-order valence-corrected chi connectivity index (χ3v) is 7.98. The van der Waals surface area contributed by atoms with Crippen LogP contribution >= 0.6 is 0 Å². The summed E-state index contributed by atoms with van der Waals surface area (Å²) in [6, 6.07) is 42.1. The number of hydrogen-bond donors (Lipinski definition) is 0. The highest BCUT2D eigenvalue weighted by atomic mass is 32.2. The van der Waals surface area contributed by atoms with E-state index in [0.717, 1.165) is 4.90 Å². The molecule has 4 aromatic carbocycles. The van der Waals surface area contributed by atoms with E-state index in [1.807, 2.05) is 30.3 Å². The molecule has 42 heavy (non-hydrogen) atoms. The molecule has 0 fully saturated rings. The molecule has 0 amide bonds. The van der Waals surface area contributed by atoms with Gasteiger partial charge in [0.2, 0.25) is 0 Å². The molecule has 0 radical (unpaired) electrons. The Labute approximate surface area is 247 Å². The number of rotatable bonds is 3. The van der Waals surface area contributed by atoms with Crippen LogP contribution in [0, 0.1) is 0 Å². The molecule has 4 aromatic rings. The molecule has 0 N–H and O–H groups in total. The minimum atomic E-state index is -6.09. The van der Waals surface area contributed by atoms with E-state index >= 15 is 0 Å². The van der Waals surface area contributed by atoms with Crippen LogP contribution in [-0.2, 0) is 43.8 Å². The lowest BCUT2D eigenvalue weighted by molar-refractivity contribution is -0.0522. The Bertz CT molecular complexity index is 1400. The monoisotopic (exact) mass is 672 g/mol. The molecule has 0 spiro atoms. The lowest BCUT2D eigenvalue weighted by Crippen LogP contribution is -2.21. The van der Waals surface area contributed by atoms with Crippen molar-refractivity contribution in [3.8, 4) is 0 Å². The van der Waals surface area contributed by atoms with Gasteiger partial charge in [-0.3, -0.25) is 0 Å². The topological polar surface area (TPSA) is 114 Å². The van der Waals surface area contributed by atoms with E-state index in [-0.39, 0.29) is 10.9 Å². The Hall–Kier alpha value is -3.02. The molecule has 0 aliphatic carbocycles. The largest absolute Gasteiger partial charge is 0.741 e. The highest BCUT2D eigenvalue weighted by Crippen LogP contribution is 2.30. The Kier molecular flexibility index (Phi) is 14.6. The Morgan fingerprint density at radius 1 is 0.476 bits per heavy atom. The molecular formula is C26H22F6O6S4. The van der Waals surface area contributed by atoms with Crippen molar-refractivity contribution in [2.24, 2.45) is 0 Å². The van der Waals surface area contributed by atoms with Gasteiger partial charge < -0.3 is 9.11 Å².